The fraction of sp³-hybridized carbons (Fsp3) is 0.105. The lowest BCUT2D eigenvalue weighted by Gasteiger charge is -2.07. The molecule has 140 valence electrons. The van der Waals surface area contributed by atoms with Gasteiger partial charge in [-0.2, -0.15) is 10.1 Å². The molecule has 4 rings (SSSR count). The minimum absolute atomic E-state index is 0.0102. The normalized spacial score (nSPS) is 10.9. The molecule has 28 heavy (non-hydrogen) atoms. The van der Waals surface area contributed by atoms with E-state index in [1.165, 1.54) is 31.3 Å². The number of hydrogen-bond acceptors (Lipinski definition) is 7. The highest BCUT2D eigenvalue weighted by Crippen LogP contribution is 2.17. The van der Waals surface area contributed by atoms with Gasteiger partial charge in [-0.05, 0) is 30.3 Å². The summed E-state index contributed by atoms with van der Waals surface area (Å²) in [6.45, 7) is -0.272. The number of carbonyl (C=O) groups is 1. The third kappa shape index (κ3) is 3.25. The van der Waals surface area contributed by atoms with Crippen molar-refractivity contribution in [1.29, 1.82) is 0 Å². The van der Waals surface area contributed by atoms with E-state index in [2.05, 4.69) is 15.2 Å². The molecule has 0 amide bonds. The molecule has 8 nitrogen and oxygen atoms in total. The zero-order valence-corrected chi connectivity index (χ0v) is 14.6. The molecule has 0 fully saturated rings. The van der Waals surface area contributed by atoms with Gasteiger partial charge in [-0.15, -0.1) is 0 Å². The van der Waals surface area contributed by atoms with Gasteiger partial charge >= 0.3 is 5.97 Å². The van der Waals surface area contributed by atoms with E-state index in [1.54, 1.807) is 24.3 Å². The first-order valence-corrected chi connectivity index (χ1v) is 8.24. The third-order valence-corrected chi connectivity index (χ3v) is 4.05. The molecule has 0 saturated heterocycles. The van der Waals surface area contributed by atoms with Crippen molar-refractivity contribution >= 4 is 16.7 Å². The Balaban J connectivity index is 1.54. The maximum Gasteiger partial charge on any atom is 0.359 e. The summed E-state index contributed by atoms with van der Waals surface area (Å²) in [5, 5.41) is 8.54. The smallest absolute Gasteiger partial charge is 0.359 e. The number of aryl methyl sites for hydroxylation is 1. The van der Waals surface area contributed by atoms with Gasteiger partial charge in [0.1, 0.15) is 5.82 Å². The fourth-order valence-corrected chi connectivity index (χ4v) is 2.68. The molecule has 0 aliphatic heterocycles. The summed E-state index contributed by atoms with van der Waals surface area (Å²) in [4.78, 5) is 28.7. The zero-order chi connectivity index (χ0) is 19.7. The highest BCUT2D eigenvalue weighted by Gasteiger charge is 2.18. The number of benzene rings is 2. The Morgan fingerprint density at radius 3 is 2.61 bits per heavy atom. The molecule has 0 saturated carbocycles. The van der Waals surface area contributed by atoms with Gasteiger partial charge in [-0.3, -0.25) is 4.79 Å². The number of rotatable bonds is 4. The van der Waals surface area contributed by atoms with E-state index in [9.17, 15) is 14.0 Å². The SMILES string of the molecule is Cn1nc(C(=O)OCc2nc(-c3ccc(F)cc3)no2)c2ccccc2c1=O. The van der Waals surface area contributed by atoms with Crippen molar-refractivity contribution in [2.24, 2.45) is 7.05 Å². The molecule has 0 spiro atoms. The Morgan fingerprint density at radius 1 is 1.14 bits per heavy atom. The van der Waals surface area contributed by atoms with Crippen molar-refractivity contribution in [3.8, 4) is 11.4 Å². The highest BCUT2D eigenvalue weighted by atomic mass is 19.1. The van der Waals surface area contributed by atoms with E-state index in [0.717, 1.165) is 4.68 Å². The van der Waals surface area contributed by atoms with Crippen LogP contribution >= 0.6 is 0 Å². The fourth-order valence-electron chi connectivity index (χ4n) is 2.68. The second-order valence-electron chi connectivity index (χ2n) is 5.92. The summed E-state index contributed by atoms with van der Waals surface area (Å²) in [6.07, 6.45) is 0. The van der Waals surface area contributed by atoms with Crippen LogP contribution in [-0.4, -0.2) is 25.9 Å². The highest BCUT2D eigenvalue weighted by molar-refractivity contribution is 6.02. The topological polar surface area (TPSA) is 100 Å². The van der Waals surface area contributed by atoms with Gasteiger partial charge in [0, 0.05) is 18.0 Å². The van der Waals surface area contributed by atoms with Gasteiger partial charge in [-0.1, -0.05) is 23.4 Å². The number of halogens is 1. The average molecular weight is 380 g/mol. The molecule has 4 aromatic rings. The summed E-state index contributed by atoms with van der Waals surface area (Å²) >= 11 is 0. The number of nitrogens with zero attached hydrogens (tertiary/aromatic N) is 4. The van der Waals surface area contributed by atoms with Crippen LogP contribution < -0.4 is 5.56 Å². The number of fused-ring (bicyclic) bond motifs is 1. The van der Waals surface area contributed by atoms with Crippen molar-refractivity contribution in [1.82, 2.24) is 19.9 Å². The van der Waals surface area contributed by atoms with Gasteiger partial charge < -0.3 is 9.26 Å². The number of hydrogen-bond donors (Lipinski definition) is 0. The molecule has 0 bridgehead atoms. The minimum Gasteiger partial charge on any atom is -0.451 e. The lowest BCUT2D eigenvalue weighted by Crippen LogP contribution is -2.23. The van der Waals surface area contributed by atoms with E-state index < -0.39 is 5.97 Å². The number of esters is 1. The lowest BCUT2D eigenvalue weighted by atomic mass is 10.1. The van der Waals surface area contributed by atoms with E-state index in [4.69, 9.17) is 9.26 Å². The van der Waals surface area contributed by atoms with Crippen molar-refractivity contribution in [2.75, 3.05) is 0 Å². The molecule has 0 atom stereocenters. The Morgan fingerprint density at radius 2 is 1.86 bits per heavy atom. The van der Waals surface area contributed by atoms with E-state index in [1.807, 2.05) is 0 Å². The molecule has 0 N–H and O–H groups in total. The van der Waals surface area contributed by atoms with Crippen LogP contribution in [0.5, 0.6) is 0 Å². The predicted octanol–water partition coefficient (Wildman–Crippen LogP) is 2.48. The minimum atomic E-state index is -0.728. The van der Waals surface area contributed by atoms with Crippen molar-refractivity contribution in [2.45, 2.75) is 6.61 Å². The predicted molar refractivity (Wildman–Crippen MR) is 95.8 cm³/mol. The number of aromatic nitrogens is 4. The van der Waals surface area contributed by atoms with Crippen LogP contribution in [0.4, 0.5) is 4.39 Å². The first-order valence-electron chi connectivity index (χ1n) is 8.24. The molecule has 0 aliphatic carbocycles. The van der Waals surface area contributed by atoms with Gasteiger partial charge in [0.25, 0.3) is 11.4 Å². The summed E-state index contributed by atoms with van der Waals surface area (Å²) in [7, 11) is 1.46. The van der Waals surface area contributed by atoms with Crippen molar-refractivity contribution in [3.05, 3.63) is 76.3 Å². The van der Waals surface area contributed by atoms with Gasteiger partial charge in [0.2, 0.25) is 5.82 Å². The van der Waals surface area contributed by atoms with Crippen LogP contribution in [0.15, 0.2) is 57.8 Å². The summed E-state index contributed by atoms with van der Waals surface area (Å²) < 4.78 is 24.3. The molecule has 0 aliphatic rings. The second-order valence-corrected chi connectivity index (χ2v) is 5.92. The molecule has 9 heteroatoms. The third-order valence-electron chi connectivity index (χ3n) is 4.05. The van der Waals surface area contributed by atoms with Crippen LogP contribution in [0.2, 0.25) is 0 Å². The van der Waals surface area contributed by atoms with Gasteiger partial charge in [0.15, 0.2) is 12.3 Å². The number of carbonyl (C=O) groups excluding carboxylic acids is 1. The van der Waals surface area contributed by atoms with E-state index >= 15 is 0 Å². The Labute approximate surface area is 157 Å². The summed E-state index contributed by atoms with van der Waals surface area (Å²) in [6, 6.07) is 12.2. The van der Waals surface area contributed by atoms with Gasteiger partial charge in [0.05, 0.1) is 5.39 Å². The molecular weight excluding hydrogens is 367 g/mol. The van der Waals surface area contributed by atoms with E-state index in [-0.39, 0.29) is 35.4 Å². The maximum absolute atomic E-state index is 13.0. The molecule has 2 aromatic heterocycles. The van der Waals surface area contributed by atoms with Crippen LogP contribution in [-0.2, 0) is 18.4 Å². The first-order chi connectivity index (χ1) is 13.5. The summed E-state index contributed by atoms with van der Waals surface area (Å²) in [5.41, 5.74) is 0.261. The van der Waals surface area contributed by atoms with E-state index in [0.29, 0.717) is 16.3 Å². The largest absolute Gasteiger partial charge is 0.451 e. The average Bonchev–Trinajstić information content (AvgIpc) is 3.18. The zero-order valence-electron chi connectivity index (χ0n) is 14.6. The van der Waals surface area contributed by atoms with Crippen LogP contribution in [0.1, 0.15) is 16.4 Å². The van der Waals surface area contributed by atoms with Crippen LogP contribution in [0.3, 0.4) is 0 Å². The Bertz CT molecular complexity index is 1230. The molecule has 2 aromatic carbocycles. The summed E-state index contributed by atoms with van der Waals surface area (Å²) in [5.74, 6) is -0.787. The Kier molecular flexibility index (Phi) is 4.40. The van der Waals surface area contributed by atoms with Crippen molar-refractivity contribution < 1.29 is 18.4 Å². The monoisotopic (exact) mass is 380 g/mol. The second kappa shape index (κ2) is 7.03. The Hall–Kier alpha value is -3.88. The van der Waals surface area contributed by atoms with Crippen LogP contribution in [0, 0.1) is 5.82 Å². The molecule has 0 unspecified atom stereocenters. The molecule has 0 radical (unpaired) electrons. The quantitative estimate of drug-likeness (QED) is 0.501. The maximum atomic E-state index is 13.0. The lowest BCUT2D eigenvalue weighted by molar-refractivity contribution is 0.0423. The van der Waals surface area contributed by atoms with Crippen molar-refractivity contribution in [3.63, 3.8) is 0 Å². The standard InChI is InChI=1S/C19H13FN4O4/c1-24-18(25)14-5-3-2-4-13(14)16(22-24)19(26)27-10-15-21-17(23-28-15)11-6-8-12(20)9-7-11/h2-9H,10H2,1H3. The first kappa shape index (κ1) is 17.5. The molecule has 2 heterocycles. The van der Waals surface area contributed by atoms with Crippen LogP contribution in [0.25, 0.3) is 22.2 Å². The number of ether oxygens (including phenoxy) is 1. The molecular formula is C19H13FN4O4. The van der Waals surface area contributed by atoms with Gasteiger partial charge in [-0.25, -0.2) is 13.9 Å².